The lowest BCUT2D eigenvalue weighted by Crippen LogP contribution is -1.94. The molecule has 5 aromatic rings. The van der Waals surface area contributed by atoms with Gasteiger partial charge in [-0.25, -0.2) is 9.97 Å². The van der Waals surface area contributed by atoms with Crippen LogP contribution in [-0.4, -0.2) is 19.4 Å². The monoisotopic (exact) mass is 270 g/mol. The van der Waals surface area contributed by atoms with Crippen molar-refractivity contribution < 1.29 is 0 Å². The van der Waals surface area contributed by atoms with Gasteiger partial charge >= 0.3 is 0 Å². The van der Waals surface area contributed by atoms with Crippen LogP contribution in [0.1, 0.15) is 0 Å². The number of para-hydroxylation sites is 1. The molecular formula is C17H10N4. The minimum absolute atomic E-state index is 0.898. The molecule has 5 rings (SSSR count). The Bertz CT molecular complexity index is 1140. The molecule has 0 aliphatic carbocycles. The molecule has 0 aliphatic rings. The number of fused-ring (bicyclic) bond motifs is 8. The number of imidazole rings is 1. The van der Waals surface area contributed by atoms with Crippen LogP contribution in [0.4, 0.5) is 0 Å². The van der Waals surface area contributed by atoms with Gasteiger partial charge in [0.25, 0.3) is 0 Å². The summed E-state index contributed by atoms with van der Waals surface area (Å²) in [6, 6.07) is 12.3. The maximum absolute atomic E-state index is 4.57. The third kappa shape index (κ3) is 1.31. The van der Waals surface area contributed by atoms with Gasteiger partial charge < -0.3 is 0 Å². The van der Waals surface area contributed by atoms with Crippen LogP contribution in [0.5, 0.6) is 0 Å². The first-order valence-electron chi connectivity index (χ1n) is 6.81. The van der Waals surface area contributed by atoms with Crippen molar-refractivity contribution in [3.8, 4) is 0 Å². The van der Waals surface area contributed by atoms with E-state index in [2.05, 4.69) is 27.1 Å². The lowest BCUT2D eigenvalue weighted by atomic mass is 10.0. The molecule has 0 spiro atoms. The van der Waals surface area contributed by atoms with Gasteiger partial charge in [0, 0.05) is 46.3 Å². The van der Waals surface area contributed by atoms with Crippen LogP contribution in [0.2, 0.25) is 0 Å². The van der Waals surface area contributed by atoms with Gasteiger partial charge in [-0.05, 0) is 18.2 Å². The highest BCUT2D eigenvalue weighted by Crippen LogP contribution is 2.32. The van der Waals surface area contributed by atoms with E-state index in [0.717, 1.165) is 33.0 Å². The van der Waals surface area contributed by atoms with E-state index in [1.54, 1.807) is 6.20 Å². The highest BCUT2D eigenvalue weighted by molar-refractivity contribution is 6.21. The lowest BCUT2D eigenvalue weighted by Gasteiger charge is -2.09. The van der Waals surface area contributed by atoms with E-state index in [4.69, 9.17) is 0 Å². The number of rotatable bonds is 0. The summed E-state index contributed by atoms with van der Waals surface area (Å²) < 4.78 is 2.02. The topological polar surface area (TPSA) is 43.1 Å². The Morgan fingerprint density at radius 3 is 2.52 bits per heavy atom. The Labute approximate surface area is 119 Å². The van der Waals surface area contributed by atoms with E-state index in [0.29, 0.717) is 0 Å². The number of hydrogen-bond acceptors (Lipinski definition) is 3. The Kier molecular flexibility index (Phi) is 1.92. The highest BCUT2D eigenvalue weighted by atomic mass is 15.0. The lowest BCUT2D eigenvalue weighted by molar-refractivity contribution is 1.20. The summed E-state index contributed by atoms with van der Waals surface area (Å²) in [5, 5.41) is 4.48. The Morgan fingerprint density at radius 2 is 1.52 bits per heavy atom. The third-order valence-corrected chi connectivity index (χ3v) is 3.94. The Hall–Kier alpha value is -3.01. The summed E-state index contributed by atoms with van der Waals surface area (Å²) in [6.07, 6.45) is 7.47. The largest absolute Gasteiger partial charge is 0.283 e. The number of benzene rings is 1. The van der Waals surface area contributed by atoms with Crippen LogP contribution in [0.3, 0.4) is 0 Å². The van der Waals surface area contributed by atoms with Crippen molar-refractivity contribution in [2.75, 3.05) is 0 Å². The zero-order chi connectivity index (χ0) is 13.8. The average molecular weight is 270 g/mol. The van der Waals surface area contributed by atoms with Crippen LogP contribution in [0, 0.1) is 0 Å². The van der Waals surface area contributed by atoms with Crippen molar-refractivity contribution in [3.63, 3.8) is 0 Å². The summed E-state index contributed by atoms with van der Waals surface area (Å²) in [5.41, 5.74) is 2.81. The molecule has 0 fully saturated rings. The molecule has 0 N–H and O–H groups in total. The molecule has 0 bridgehead atoms. The zero-order valence-electron chi connectivity index (χ0n) is 11.1. The fraction of sp³-hybridized carbons (Fsp3) is 0. The van der Waals surface area contributed by atoms with Gasteiger partial charge in [0.2, 0.25) is 0 Å². The smallest absolute Gasteiger partial charge is 0.147 e. The van der Waals surface area contributed by atoms with E-state index in [1.807, 2.05) is 47.3 Å². The molecule has 4 heteroatoms. The van der Waals surface area contributed by atoms with E-state index in [9.17, 15) is 0 Å². The molecule has 4 aromatic heterocycles. The second-order valence-electron chi connectivity index (χ2n) is 5.06. The molecule has 1 aromatic carbocycles. The molecule has 4 heterocycles. The van der Waals surface area contributed by atoms with Gasteiger partial charge in [0.1, 0.15) is 11.3 Å². The fourth-order valence-corrected chi connectivity index (χ4v) is 3.06. The standard InChI is InChI=1S/C17H10N4/c1-2-6-14-11(4-1)15-12-5-3-7-18-16(12)21-9-8-19-17(21)13(15)10-20-14/h1-10H. The number of pyridine rings is 3. The Balaban J connectivity index is 2.25. The summed E-state index contributed by atoms with van der Waals surface area (Å²) in [5.74, 6) is 0. The molecule has 0 saturated carbocycles. The summed E-state index contributed by atoms with van der Waals surface area (Å²) in [6.45, 7) is 0. The number of nitrogens with zero attached hydrogens (tertiary/aromatic N) is 4. The van der Waals surface area contributed by atoms with Crippen molar-refractivity contribution in [3.05, 3.63) is 61.2 Å². The number of aromatic nitrogens is 4. The second kappa shape index (κ2) is 3.76. The van der Waals surface area contributed by atoms with Gasteiger partial charge in [-0.2, -0.15) is 0 Å². The predicted octanol–water partition coefficient (Wildman–Crippen LogP) is 3.58. The quantitative estimate of drug-likeness (QED) is 0.404. The highest BCUT2D eigenvalue weighted by Gasteiger charge is 2.12. The molecule has 21 heavy (non-hydrogen) atoms. The zero-order valence-corrected chi connectivity index (χ0v) is 11.1. The van der Waals surface area contributed by atoms with Gasteiger partial charge in [-0.15, -0.1) is 0 Å². The molecule has 0 atom stereocenters. The molecular weight excluding hydrogens is 260 g/mol. The molecule has 0 saturated heterocycles. The molecule has 0 unspecified atom stereocenters. The van der Waals surface area contributed by atoms with Crippen LogP contribution in [-0.2, 0) is 0 Å². The minimum Gasteiger partial charge on any atom is -0.283 e. The average Bonchev–Trinajstić information content (AvgIpc) is 3.04. The van der Waals surface area contributed by atoms with Crippen LogP contribution < -0.4 is 0 Å². The van der Waals surface area contributed by atoms with E-state index in [-0.39, 0.29) is 0 Å². The van der Waals surface area contributed by atoms with E-state index in [1.165, 1.54) is 5.39 Å². The molecule has 4 nitrogen and oxygen atoms in total. The molecule has 0 radical (unpaired) electrons. The van der Waals surface area contributed by atoms with Gasteiger partial charge in [0.15, 0.2) is 0 Å². The van der Waals surface area contributed by atoms with E-state index >= 15 is 0 Å². The third-order valence-electron chi connectivity index (χ3n) is 3.94. The molecule has 0 aliphatic heterocycles. The normalized spacial score (nSPS) is 11.8. The maximum Gasteiger partial charge on any atom is 0.147 e. The Morgan fingerprint density at radius 1 is 0.714 bits per heavy atom. The maximum atomic E-state index is 4.57. The molecule has 98 valence electrons. The second-order valence-corrected chi connectivity index (χ2v) is 5.06. The van der Waals surface area contributed by atoms with Crippen LogP contribution >= 0.6 is 0 Å². The van der Waals surface area contributed by atoms with Gasteiger partial charge in [0.05, 0.1) is 5.52 Å². The van der Waals surface area contributed by atoms with Crippen molar-refractivity contribution in [2.24, 2.45) is 0 Å². The summed E-state index contributed by atoms with van der Waals surface area (Å²) in [7, 11) is 0. The van der Waals surface area contributed by atoms with Gasteiger partial charge in [-0.3, -0.25) is 9.38 Å². The first kappa shape index (κ1) is 10.7. The van der Waals surface area contributed by atoms with Crippen molar-refractivity contribution in [2.45, 2.75) is 0 Å². The first-order valence-corrected chi connectivity index (χ1v) is 6.81. The van der Waals surface area contributed by atoms with Crippen molar-refractivity contribution in [1.82, 2.24) is 19.4 Å². The van der Waals surface area contributed by atoms with E-state index < -0.39 is 0 Å². The van der Waals surface area contributed by atoms with Crippen molar-refractivity contribution in [1.29, 1.82) is 0 Å². The van der Waals surface area contributed by atoms with Crippen molar-refractivity contribution >= 4 is 38.4 Å². The summed E-state index contributed by atoms with van der Waals surface area (Å²) >= 11 is 0. The minimum atomic E-state index is 0.898. The first-order chi connectivity index (χ1) is 10.4. The molecule has 0 amide bonds. The van der Waals surface area contributed by atoms with Gasteiger partial charge in [-0.1, -0.05) is 18.2 Å². The fourth-order valence-electron chi connectivity index (χ4n) is 3.06. The summed E-state index contributed by atoms with van der Waals surface area (Å²) in [4.78, 5) is 13.6. The predicted molar refractivity (Wildman–Crippen MR) is 83.3 cm³/mol. The SMILES string of the molecule is c1ccc2c(c1)ncc1c2c2cccnc2n2ccnc12. The van der Waals surface area contributed by atoms with Crippen LogP contribution in [0.25, 0.3) is 38.4 Å². The van der Waals surface area contributed by atoms with Crippen LogP contribution in [0.15, 0.2) is 61.2 Å². The number of hydrogen-bond donors (Lipinski definition) is 0.